The van der Waals surface area contributed by atoms with Gasteiger partial charge in [0, 0.05) is 6.20 Å². The fraction of sp³-hybridized carbons (Fsp3) is 0.250. The fourth-order valence-electron chi connectivity index (χ4n) is 1.63. The van der Waals surface area contributed by atoms with Crippen molar-refractivity contribution in [2.45, 2.75) is 24.1 Å². The number of nitrogens with zero attached hydrogens (tertiary/aromatic N) is 1. The van der Waals surface area contributed by atoms with E-state index in [2.05, 4.69) is 25.6 Å². The van der Waals surface area contributed by atoms with Crippen molar-refractivity contribution >= 4 is 37.3 Å². The second-order valence-corrected chi connectivity index (χ2v) is 8.30. The summed E-state index contributed by atoms with van der Waals surface area (Å²) in [7, 11) is -3.46. The Balaban J connectivity index is 2.14. The number of sulfonamides is 1. The highest BCUT2D eigenvalue weighted by atomic mass is 79.9. The predicted molar refractivity (Wildman–Crippen MR) is 79.7 cm³/mol. The van der Waals surface area contributed by atoms with E-state index in [1.807, 2.05) is 19.1 Å². The van der Waals surface area contributed by atoms with E-state index in [-0.39, 0.29) is 6.54 Å². The SMILES string of the molecule is CCc1cccnc1CNS(=O)(=O)c1ccc(Br)s1. The molecule has 0 saturated heterocycles. The average Bonchev–Trinajstić information content (AvgIpc) is 2.84. The van der Waals surface area contributed by atoms with Crippen LogP contribution in [0.3, 0.4) is 0 Å². The molecule has 0 aliphatic carbocycles. The zero-order valence-corrected chi connectivity index (χ0v) is 13.5. The molecule has 2 heterocycles. The van der Waals surface area contributed by atoms with Gasteiger partial charge in [-0.25, -0.2) is 13.1 Å². The first-order valence-electron chi connectivity index (χ1n) is 5.70. The summed E-state index contributed by atoms with van der Waals surface area (Å²) >= 11 is 4.44. The lowest BCUT2D eigenvalue weighted by atomic mass is 10.1. The molecule has 0 bridgehead atoms. The standard InChI is InChI=1S/C12H13BrN2O2S2/c1-2-9-4-3-7-14-10(9)8-15-19(16,17)12-6-5-11(13)18-12/h3-7,15H,2,8H2,1H3. The summed E-state index contributed by atoms with van der Waals surface area (Å²) in [6.07, 6.45) is 2.50. The van der Waals surface area contributed by atoms with Gasteiger partial charge >= 0.3 is 0 Å². The average molecular weight is 361 g/mol. The summed E-state index contributed by atoms with van der Waals surface area (Å²) in [5.41, 5.74) is 1.82. The number of hydrogen-bond donors (Lipinski definition) is 1. The van der Waals surface area contributed by atoms with Crippen LogP contribution in [0.4, 0.5) is 0 Å². The van der Waals surface area contributed by atoms with E-state index in [0.717, 1.165) is 21.5 Å². The van der Waals surface area contributed by atoms with Crippen LogP contribution in [-0.4, -0.2) is 13.4 Å². The lowest BCUT2D eigenvalue weighted by Gasteiger charge is -2.07. The van der Waals surface area contributed by atoms with Gasteiger partial charge in [0.25, 0.3) is 0 Å². The Morgan fingerprint density at radius 2 is 2.16 bits per heavy atom. The highest BCUT2D eigenvalue weighted by molar-refractivity contribution is 9.11. The number of nitrogens with one attached hydrogen (secondary N) is 1. The van der Waals surface area contributed by atoms with Gasteiger partial charge in [0.15, 0.2) is 0 Å². The van der Waals surface area contributed by atoms with E-state index in [1.54, 1.807) is 18.3 Å². The molecule has 19 heavy (non-hydrogen) atoms. The van der Waals surface area contributed by atoms with Gasteiger partial charge in [-0.05, 0) is 46.1 Å². The quantitative estimate of drug-likeness (QED) is 0.891. The Labute approximate surface area is 125 Å². The molecule has 7 heteroatoms. The summed E-state index contributed by atoms with van der Waals surface area (Å²) in [4.78, 5) is 4.22. The number of thiophene rings is 1. The normalized spacial score (nSPS) is 11.7. The van der Waals surface area contributed by atoms with Crippen molar-refractivity contribution in [3.63, 3.8) is 0 Å². The largest absolute Gasteiger partial charge is 0.260 e. The Morgan fingerprint density at radius 1 is 1.37 bits per heavy atom. The third-order valence-electron chi connectivity index (χ3n) is 2.61. The van der Waals surface area contributed by atoms with Crippen LogP contribution in [0.1, 0.15) is 18.2 Å². The minimum Gasteiger partial charge on any atom is -0.260 e. The zero-order valence-electron chi connectivity index (χ0n) is 10.3. The van der Waals surface area contributed by atoms with Crippen LogP contribution >= 0.6 is 27.3 Å². The minimum absolute atomic E-state index is 0.210. The number of rotatable bonds is 5. The van der Waals surface area contributed by atoms with Crippen molar-refractivity contribution in [3.05, 3.63) is 45.5 Å². The molecule has 102 valence electrons. The van der Waals surface area contributed by atoms with Crippen molar-refractivity contribution in [2.24, 2.45) is 0 Å². The van der Waals surface area contributed by atoms with Gasteiger partial charge in [0.05, 0.1) is 16.0 Å². The predicted octanol–water partition coefficient (Wildman–Crippen LogP) is 2.95. The number of pyridine rings is 1. The second kappa shape index (κ2) is 6.13. The zero-order chi connectivity index (χ0) is 13.9. The van der Waals surface area contributed by atoms with Gasteiger partial charge in [-0.3, -0.25) is 4.98 Å². The molecule has 0 unspecified atom stereocenters. The molecule has 0 fully saturated rings. The lowest BCUT2D eigenvalue weighted by Crippen LogP contribution is -2.23. The molecule has 0 saturated carbocycles. The number of aryl methyl sites for hydroxylation is 1. The van der Waals surface area contributed by atoms with Crippen molar-refractivity contribution in [1.82, 2.24) is 9.71 Å². The molecule has 0 aromatic carbocycles. The number of hydrogen-bond acceptors (Lipinski definition) is 4. The Kier molecular flexibility index (Phi) is 4.72. The molecule has 0 aliphatic rings. The molecule has 2 aromatic heterocycles. The van der Waals surface area contributed by atoms with Crippen molar-refractivity contribution in [1.29, 1.82) is 0 Å². The van der Waals surface area contributed by atoms with Crippen LogP contribution in [0.5, 0.6) is 0 Å². The summed E-state index contributed by atoms with van der Waals surface area (Å²) in [6, 6.07) is 7.11. The van der Waals surface area contributed by atoms with E-state index < -0.39 is 10.0 Å². The molecule has 0 amide bonds. The van der Waals surface area contributed by atoms with Crippen LogP contribution < -0.4 is 4.72 Å². The molecule has 0 aliphatic heterocycles. The van der Waals surface area contributed by atoms with Crippen molar-refractivity contribution < 1.29 is 8.42 Å². The second-order valence-electron chi connectivity index (χ2n) is 3.85. The Morgan fingerprint density at radius 3 is 2.79 bits per heavy atom. The first-order valence-corrected chi connectivity index (χ1v) is 8.80. The van der Waals surface area contributed by atoms with Crippen molar-refractivity contribution in [3.8, 4) is 0 Å². The van der Waals surface area contributed by atoms with Gasteiger partial charge in [-0.2, -0.15) is 0 Å². The van der Waals surface area contributed by atoms with E-state index in [0.29, 0.717) is 4.21 Å². The van der Waals surface area contributed by atoms with E-state index in [1.165, 1.54) is 11.3 Å². The smallest absolute Gasteiger partial charge is 0.250 e. The van der Waals surface area contributed by atoms with E-state index in [4.69, 9.17) is 0 Å². The molecule has 0 radical (unpaired) electrons. The Hall–Kier alpha value is -0.760. The van der Waals surface area contributed by atoms with E-state index in [9.17, 15) is 8.42 Å². The highest BCUT2D eigenvalue weighted by Crippen LogP contribution is 2.25. The van der Waals surface area contributed by atoms with Gasteiger partial charge in [-0.1, -0.05) is 13.0 Å². The van der Waals surface area contributed by atoms with Crippen LogP contribution in [0.2, 0.25) is 0 Å². The molecular formula is C12H13BrN2O2S2. The number of aromatic nitrogens is 1. The topological polar surface area (TPSA) is 59.1 Å². The van der Waals surface area contributed by atoms with Crippen LogP contribution in [0, 0.1) is 0 Å². The maximum Gasteiger partial charge on any atom is 0.250 e. The van der Waals surface area contributed by atoms with Gasteiger partial charge in [0.2, 0.25) is 10.0 Å². The van der Waals surface area contributed by atoms with Crippen LogP contribution in [0.25, 0.3) is 0 Å². The molecule has 4 nitrogen and oxygen atoms in total. The molecule has 0 atom stereocenters. The van der Waals surface area contributed by atoms with Crippen molar-refractivity contribution in [2.75, 3.05) is 0 Å². The summed E-state index contributed by atoms with van der Waals surface area (Å²) < 4.78 is 27.8. The third kappa shape index (κ3) is 3.62. The minimum atomic E-state index is -3.46. The Bertz CT molecular complexity index is 668. The van der Waals surface area contributed by atoms with E-state index >= 15 is 0 Å². The molecule has 1 N–H and O–H groups in total. The van der Waals surface area contributed by atoms with Gasteiger partial charge < -0.3 is 0 Å². The fourth-order valence-corrected chi connectivity index (χ4v) is 4.67. The first kappa shape index (κ1) is 14.6. The molecular weight excluding hydrogens is 348 g/mol. The first-order chi connectivity index (χ1) is 9.03. The maximum absolute atomic E-state index is 12.1. The summed E-state index contributed by atoms with van der Waals surface area (Å²) in [6.45, 7) is 2.23. The van der Waals surface area contributed by atoms with Gasteiger partial charge in [-0.15, -0.1) is 11.3 Å². The molecule has 2 rings (SSSR count). The monoisotopic (exact) mass is 360 g/mol. The number of halogens is 1. The maximum atomic E-state index is 12.1. The summed E-state index contributed by atoms with van der Waals surface area (Å²) in [5, 5.41) is 0. The third-order valence-corrected chi connectivity index (χ3v) is 6.13. The van der Waals surface area contributed by atoms with Crippen LogP contribution in [0.15, 0.2) is 38.5 Å². The van der Waals surface area contributed by atoms with Crippen LogP contribution in [-0.2, 0) is 23.0 Å². The molecule has 0 spiro atoms. The van der Waals surface area contributed by atoms with Gasteiger partial charge in [0.1, 0.15) is 4.21 Å². The highest BCUT2D eigenvalue weighted by Gasteiger charge is 2.16. The lowest BCUT2D eigenvalue weighted by molar-refractivity contribution is 0.582. The molecule has 2 aromatic rings. The summed E-state index contributed by atoms with van der Waals surface area (Å²) in [5.74, 6) is 0.